The molecule has 0 amide bonds. The third-order valence-corrected chi connectivity index (χ3v) is 2.97. The highest BCUT2D eigenvalue weighted by atomic mass is 16.7. The lowest BCUT2D eigenvalue weighted by atomic mass is 10.2. The Bertz CT molecular complexity index is 585. The summed E-state index contributed by atoms with van der Waals surface area (Å²) in [5.74, 6) is 1.56. The highest BCUT2D eigenvalue weighted by Gasteiger charge is 2.12. The molecule has 106 valence electrons. The fourth-order valence-electron chi connectivity index (χ4n) is 1.92. The molecule has 0 bridgehead atoms. The van der Waals surface area contributed by atoms with Crippen molar-refractivity contribution in [1.82, 2.24) is 15.0 Å². The van der Waals surface area contributed by atoms with Gasteiger partial charge in [0.2, 0.25) is 6.79 Å². The molecule has 0 saturated carbocycles. The van der Waals surface area contributed by atoms with E-state index in [0.717, 1.165) is 22.8 Å². The van der Waals surface area contributed by atoms with Gasteiger partial charge >= 0.3 is 0 Å². The first kappa shape index (κ1) is 12.9. The van der Waals surface area contributed by atoms with Gasteiger partial charge in [0.1, 0.15) is 0 Å². The van der Waals surface area contributed by atoms with Gasteiger partial charge in [-0.1, -0.05) is 11.3 Å². The lowest BCUT2D eigenvalue weighted by Gasteiger charge is -2.05. The molecular formula is C13H16N4O3. The second-order valence-electron chi connectivity index (χ2n) is 4.42. The van der Waals surface area contributed by atoms with Gasteiger partial charge in [-0.05, 0) is 17.7 Å². The van der Waals surface area contributed by atoms with E-state index in [0.29, 0.717) is 26.3 Å². The molecular weight excluding hydrogens is 260 g/mol. The summed E-state index contributed by atoms with van der Waals surface area (Å²) in [5, 5.41) is 7.86. The van der Waals surface area contributed by atoms with Crippen molar-refractivity contribution in [3.05, 3.63) is 35.7 Å². The number of nitrogens with two attached hydrogens (primary N) is 1. The average molecular weight is 276 g/mol. The van der Waals surface area contributed by atoms with Crippen LogP contribution in [0.4, 0.5) is 0 Å². The van der Waals surface area contributed by atoms with Crippen LogP contribution in [0.1, 0.15) is 11.3 Å². The molecule has 7 heteroatoms. The van der Waals surface area contributed by atoms with Crippen molar-refractivity contribution >= 4 is 0 Å². The molecule has 0 radical (unpaired) electrons. The van der Waals surface area contributed by atoms with Gasteiger partial charge in [0.15, 0.2) is 11.5 Å². The quantitative estimate of drug-likeness (QED) is 0.781. The molecule has 1 aromatic heterocycles. The molecule has 3 rings (SSSR count). The van der Waals surface area contributed by atoms with Crippen molar-refractivity contribution < 1.29 is 14.2 Å². The Morgan fingerprint density at radius 3 is 3.05 bits per heavy atom. The van der Waals surface area contributed by atoms with Crippen molar-refractivity contribution in [2.24, 2.45) is 5.73 Å². The average Bonchev–Trinajstić information content (AvgIpc) is 3.11. The lowest BCUT2D eigenvalue weighted by molar-refractivity contribution is 0.110. The molecule has 2 aromatic rings. The number of fused-ring (bicyclic) bond motifs is 1. The summed E-state index contributed by atoms with van der Waals surface area (Å²) in [6.45, 7) is 2.42. The van der Waals surface area contributed by atoms with Gasteiger partial charge in [-0.3, -0.25) is 0 Å². The first-order valence-corrected chi connectivity index (χ1v) is 6.40. The van der Waals surface area contributed by atoms with Crippen molar-refractivity contribution in [2.45, 2.75) is 19.7 Å². The number of rotatable bonds is 6. The van der Waals surface area contributed by atoms with Gasteiger partial charge in [0.05, 0.1) is 25.5 Å². The number of nitrogens with zero attached hydrogens (tertiary/aromatic N) is 3. The largest absolute Gasteiger partial charge is 0.454 e. The Morgan fingerprint density at radius 2 is 2.20 bits per heavy atom. The van der Waals surface area contributed by atoms with Gasteiger partial charge in [0, 0.05) is 12.7 Å². The van der Waals surface area contributed by atoms with Gasteiger partial charge in [0.25, 0.3) is 0 Å². The SMILES string of the molecule is NCc1cn(CCOCc2ccc3c(c2)OCO3)nn1. The second kappa shape index (κ2) is 5.89. The zero-order valence-electron chi connectivity index (χ0n) is 11.0. The van der Waals surface area contributed by atoms with E-state index in [9.17, 15) is 0 Å². The summed E-state index contributed by atoms with van der Waals surface area (Å²) in [7, 11) is 0. The highest BCUT2D eigenvalue weighted by molar-refractivity contribution is 5.44. The Morgan fingerprint density at radius 1 is 1.30 bits per heavy atom. The molecule has 0 aliphatic carbocycles. The number of benzene rings is 1. The van der Waals surface area contributed by atoms with Gasteiger partial charge < -0.3 is 19.9 Å². The second-order valence-corrected chi connectivity index (χ2v) is 4.42. The van der Waals surface area contributed by atoms with Crippen LogP contribution in [0.3, 0.4) is 0 Å². The minimum absolute atomic E-state index is 0.287. The molecule has 0 unspecified atom stereocenters. The minimum Gasteiger partial charge on any atom is -0.454 e. The summed E-state index contributed by atoms with van der Waals surface area (Å²) in [5.41, 5.74) is 7.30. The monoisotopic (exact) mass is 276 g/mol. The van der Waals surface area contributed by atoms with Crippen molar-refractivity contribution in [2.75, 3.05) is 13.4 Å². The summed E-state index contributed by atoms with van der Waals surface area (Å²) in [6.07, 6.45) is 1.82. The summed E-state index contributed by atoms with van der Waals surface area (Å²) >= 11 is 0. The molecule has 1 aliphatic heterocycles. The van der Waals surface area contributed by atoms with E-state index < -0.39 is 0 Å². The van der Waals surface area contributed by atoms with Crippen LogP contribution in [-0.2, 0) is 24.4 Å². The van der Waals surface area contributed by atoms with E-state index in [4.69, 9.17) is 19.9 Å². The molecule has 0 spiro atoms. The van der Waals surface area contributed by atoms with Crippen molar-refractivity contribution in [3.63, 3.8) is 0 Å². The van der Waals surface area contributed by atoms with Crippen LogP contribution >= 0.6 is 0 Å². The van der Waals surface area contributed by atoms with Gasteiger partial charge in [-0.2, -0.15) is 0 Å². The first-order chi connectivity index (χ1) is 9.85. The molecule has 7 nitrogen and oxygen atoms in total. The van der Waals surface area contributed by atoms with Crippen LogP contribution in [0.5, 0.6) is 11.5 Å². The summed E-state index contributed by atoms with van der Waals surface area (Å²) in [6, 6.07) is 5.80. The zero-order chi connectivity index (χ0) is 13.8. The highest BCUT2D eigenvalue weighted by Crippen LogP contribution is 2.32. The maximum atomic E-state index is 5.61. The maximum Gasteiger partial charge on any atom is 0.231 e. The zero-order valence-corrected chi connectivity index (χ0v) is 11.0. The molecule has 0 atom stereocenters. The van der Waals surface area contributed by atoms with E-state index in [1.807, 2.05) is 24.4 Å². The normalized spacial score (nSPS) is 12.8. The Kier molecular flexibility index (Phi) is 3.80. The summed E-state index contributed by atoms with van der Waals surface area (Å²) in [4.78, 5) is 0. The van der Waals surface area contributed by atoms with Crippen LogP contribution in [-0.4, -0.2) is 28.4 Å². The number of aromatic nitrogens is 3. The van der Waals surface area contributed by atoms with E-state index in [1.54, 1.807) is 4.68 Å². The lowest BCUT2D eigenvalue weighted by Crippen LogP contribution is -2.06. The van der Waals surface area contributed by atoms with E-state index >= 15 is 0 Å². The Labute approximate surface area is 116 Å². The predicted molar refractivity (Wildman–Crippen MR) is 70.1 cm³/mol. The van der Waals surface area contributed by atoms with Crippen LogP contribution in [0.2, 0.25) is 0 Å². The van der Waals surface area contributed by atoms with Crippen LogP contribution in [0.15, 0.2) is 24.4 Å². The Balaban J connectivity index is 1.45. The standard InChI is InChI=1S/C13H16N4O3/c14-6-11-7-17(16-15-11)3-4-18-8-10-1-2-12-13(5-10)20-9-19-12/h1-2,5,7H,3-4,6,8-9,14H2. The number of ether oxygens (including phenoxy) is 3. The van der Waals surface area contributed by atoms with Crippen LogP contribution in [0, 0.1) is 0 Å². The smallest absolute Gasteiger partial charge is 0.231 e. The van der Waals surface area contributed by atoms with Gasteiger partial charge in [-0.15, -0.1) is 5.10 Å². The van der Waals surface area contributed by atoms with E-state index in [1.165, 1.54) is 0 Å². The van der Waals surface area contributed by atoms with Crippen molar-refractivity contribution in [1.29, 1.82) is 0 Å². The molecule has 0 saturated heterocycles. The first-order valence-electron chi connectivity index (χ1n) is 6.40. The predicted octanol–water partition coefficient (Wildman–Crippen LogP) is 0.682. The molecule has 1 aromatic carbocycles. The fraction of sp³-hybridized carbons (Fsp3) is 0.385. The third kappa shape index (κ3) is 2.89. The summed E-state index contributed by atoms with van der Waals surface area (Å²) < 4.78 is 17.9. The fourth-order valence-corrected chi connectivity index (χ4v) is 1.92. The van der Waals surface area contributed by atoms with Crippen molar-refractivity contribution in [3.8, 4) is 11.5 Å². The van der Waals surface area contributed by atoms with E-state index in [-0.39, 0.29) is 6.79 Å². The third-order valence-electron chi connectivity index (χ3n) is 2.97. The van der Waals surface area contributed by atoms with Gasteiger partial charge in [-0.25, -0.2) is 4.68 Å². The Hall–Kier alpha value is -2.12. The molecule has 1 aliphatic rings. The minimum atomic E-state index is 0.287. The van der Waals surface area contributed by atoms with E-state index in [2.05, 4.69) is 10.3 Å². The molecule has 20 heavy (non-hydrogen) atoms. The topological polar surface area (TPSA) is 84.4 Å². The number of hydrogen-bond donors (Lipinski definition) is 1. The molecule has 2 heterocycles. The molecule has 2 N–H and O–H groups in total. The van der Waals surface area contributed by atoms with Crippen LogP contribution < -0.4 is 15.2 Å². The maximum absolute atomic E-state index is 5.61. The molecule has 0 fully saturated rings. The number of hydrogen-bond acceptors (Lipinski definition) is 6. The van der Waals surface area contributed by atoms with Crippen LogP contribution in [0.25, 0.3) is 0 Å².